The number of aliphatic carboxylic acids is 1. The Morgan fingerprint density at radius 2 is 1.76 bits per heavy atom. The second-order valence-electron chi connectivity index (χ2n) is 6.48. The van der Waals surface area contributed by atoms with Gasteiger partial charge in [-0.2, -0.15) is 4.31 Å². The number of sulfonamides is 1. The number of carboxylic acids is 1. The van der Waals surface area contributed by atoms with E-state index >= 15 is 0 Å². The van der Waals surface area contributed by atoms with Crippen molar-refractivity contribution in [3.05, 3.63) is 29.8 Å². The Morgan fingerprint density at radius 3 is 2.28 bits per heavy atom. The van der Waals surface area contributed by atoms with E-state index in [9.17, 15) is 18.0 Å². The number of carbonyl (C=O) groups excluding carboxylic acids is 1. The molecule has 25 heavy (non-hydrogen) atoms. The predicted octanol–water partition coefficient (Wildman–Crippen LogP) is 1.65. The monoisotopic (exact) mass is 368 g/mol. The van der Waals surface area contributed by atoms with Gasteiger partial charge in [-0.15, -0.1) is 0 Å². The number of piperidine rings is 1. The van der Waals surface area contributed by atoms with Crippen LogP contribution < -0.4 is 0 Å². The van der Waals surface area contributed by atoms with Gasteiger partial charge >= 0.3 is 5.97 Å². The van der Waals surface area contributed by atoms with Gasteiger partial charge in [0.05, 0.1) is 11.3 Å². The zero-order chi connectivity index (χ0) is 18.6. The van der Waals surface area contributed by atoms with E-state index in [0.717, 1.165) is 12.8 Å². The Morgan fingerprint density at radius 1 is 1.20 bits per heavy atom. The third-order valence-corrected chi connectivity index (χ3v) is 6.40. The minimum atomic E-state index is -3.54. The lowest BCUT2D eigenvalue weighted by atomic mass is 10.0. The van der Waals surface area contributed by atoms with Crippen molar-refractivity contribution in [2.24, 2.45) is 5.92 Å². The van der Waals surface area contributed by atoms with Crippen LogP contribution in [0, 0.1) is 5.92 Å². The summed E-state index contributed by atoms with van der Waals surface area (Å²) in [7, 11) is -2.02. The molecule has 8 heteroatoms. The van der Waals surface area contributed by atoms with E-state index in [1.165, 1.54) is 40.5 Å². The van der Waals surface area contributed by atoms with Gasteiger partial charge in [-0.3, -0.25) is 9.59 Å². The number of carboxylic acid groups (broad SMARTS) is 1. The Kier molecular flexibility index (Phi) is 6.18. The van der Waals surface area contributed by atoms with Crippen LogP contribution in [0.25, 0.3) is 0 Å². The van der Waals surface area contributed by atoms with Gasteiger partial charge in [-0.05, 0) is 43.0 Å². The summed E-state index contributed by atoms with van der Waals surface area (Å²) in [5, 5.41) is 8.67. The summed E-state index contributed by atoms with van der Waals surface area (Å²) >= 11 is 0. The maximum absolute atomic E-state index is 12.7. The predicted molar refractivity (Wildman–Crippen MR) is 92.8 cm³/mol. The molecular weight excluding hydrogens is 344 g/mol. The van der Waals surface area contributed by atoms with E-state index in [-0.39, 0.29) is 23.8 Å². The van der Waals surface area contributed by atoms with Crippen LogP contribution in [0.4, 0.5) is 0 Å². The van der Waals surface area contributed by atoms with Crippen molar-refractivity contribution < 1.29 is 23.1 Å². The van der Waals surface area contributed by atoms with E-state index in [0.29, 0.717) is 24.6 Å². The van der Waals surface area contributed by atoms with E-state index in [1.807, 2.05) is 0 Å². The summed E-state index contributed by atoms with van der Waals surface area (Å²) in [5.74, 6) is -0.776. The molecule has 1 aliphatic heterocycles. The molecule has 1 aliphatic rings. The van der Waals surface area contributed by atoms with Crippen molar-refractivity contribution in [3.8, 4) is 0 Å². The van der Waals surface area contributed by atoms with Gasteiger partial charge in [-0.1, -0.05) is 6.92 Å². The Bertz CT molecular complexity index is 722. The molecule has 1 heterocycles. The molecule has 0 bridgehead atoms. The number of hydrogen-bond acceptors (Lipinski definition) is 4. The molecule has 138 valence electrons. The van der Waals surface area contributed by atoms with Gasteiger partial charge in [0.25, 0.3) is 5.91 Å². The Labute approximate surface area is 148 Å². The summed E-state index contributed by atoms with van der Waals surface area (Å²) in [6.45, 7) is 3.25. The van der Waals surface area contributed by atoms with Gasteiger partial charge in [0, 0.05) is 32.2 Å². The lowest BCUT2D eigenvalue weighted by Crippen LogP contribution is -2.37. The van der Waals surface area contributed by atoms with Crippen LogP contribution in [0.3, 0.4) is 0 Å². The third-order valence-electron chi connectivity index (χ3n) is 4.49. The number of hydrogen-bond donors (Lipinski definition) is 1. The van der Waals surface area contributed by atoms with Crippen molar-refractivity contribution >= 4 is 21.9 Å². The smallest absolute Gasteiger partial charge is 0.305 e. The fourth-order valence-corrected chi connectivity index (χ4v) is 4.20. The maximum atomic E-state index is 12.7. The van der Waals surface area contributed by atoms with E-state index < -0.39 is 16.0 Å². The number of amides is 1. The van der Waals surface area contributed by atoms with Crippen LogP contribution in [-0.2, 0) is 14.8 Å². The van der Waals surface area contributed by atoms with Crippen LogP contribution in [0.2, 0.25) is 0 Å². The number of benzene rings is 1. The molecule has 1 amide bonds. The van der Waals surface area contributed by atoms with Gasteiger partial charge in [0.15, 0.2) is 0 Å². The summed E-state index contributed by atoms with van der Waals surface area (Å²) in [4.78, 5) is 24.3. The Hall–Kier alpha value is -1.93. The van der Waals surface area contributed by atoms with Crippen molar-refractivity contribution in [2.45, 2.75) is 31.1 Å². The lowest BCUT2D eigenvalue weighted by Gasteiger charge is -2.29. The highest BCUT2D eigenvalue weighted by Gasteiger charge is 2.28. The molecule has 0 atom stereocenters. The van der Waals surface area contributed by atoms with Crippen molar-refractivity contribution in [1.82, 2.24) is 9.21 Å². The molecule has 0 saturated carbocycles. The summed E-state index contributed by atoms with van der Waals surface area (Å²) in [5.41, 5.74) is 0.333. The van der Waals surface area contributed by atoms with Gasteiger partial charge in [0.1, 0.15) is 0 Å². The molecule has 0 radical (unpaired) electrons. The molecule has 1 fully saturated rings. The van der Waals surface area contributed by atoms with Crippen molar-refractivity contribution in [3.63, 3.8) is 0 Å². The number of nitrogens with zero attached hydrogens (tertiary/aromatic N) is 2. The summed E-state index contributed by atoms with van der Waals surface area (Å²) in [6.07, 6.45) is 1.57. The minimum Gasteiger partial charge on any atom is -0.481 e. The lowest BCUT2D eigenvalue weighted by molar-refractivity contribution is -0.137. The topological polar surface area (TPSA) is 95.0 Å². The standard InChI is InChI=1S/C17H24N2O5S/c1-13-7-11-19(12-8-13)25(23,24)15-5-3-14(4-6-15)17(22)18(2)10-9-16(20)21/h3-6,13H,7-12H2,1-2H3,(H,20,21). The van der Waals surface area contributed by atoms with Crippen molar-refractivity contribution in [2.75, 3.05) is 26.7 Å². The van der Waals surface area contributed by atoms with E-state index in [4.69, 9.17) is 5.11 Å². The normalized spacial score (nSPS) is 16.6. The first-order valence-corrected chi connectivity index (χ1v) is 9.73. The highest BCUT2D eigenvalue weighted by Crippen LogP contribution is 2.23. The zero-order valence-electron chi connectivity index (χ0n) is 14.5. The van der Waals surface area contributed by atoms with Gasteiger partial charge in [0.2, 0.25) is 10.0 Å². The quantitative estimate of drug-likeness (QED) is 0.824. The van der Waals surface area contributed by atoms with Crippen LogP contribution in [0.15, 0.2) is 29.2 Å². The molecule has 0 spiro atoms. The highest BCUT2D eigenvalue weighted by atomic mass is 32.2. The summed E-state index contributed by atoms with van der Waals surface area (Å²) in [6, 6.07) is 5.81. The second-order valence-corrected chi connectivity index (χ2v) is 8.42. The fraction of sp³-hybridized carbons (Fsp3) is 0.529. The highest BCUT2D eigenvalue weighted by molar-refractivity contribution is 7.89. The average Bonchev–Trinajstić information content (AvgIpc) is 2.59. The minimum absolute atomic E-state index is 0.0974. The second kappa shape index (κ2) is 7.97. The molecular formula is C17H24N2O5S. The number of carbonyl (C=O) groups is 2. The first-order chi connectivity index (χ1) is 11.7. The molecule has 0 unspecified atom stereocenters. The molecule has 1 aromatic carbocycles. The first kappa shape index (κ1) is 19.4. The largest absolute Gasteiger partial charge is 0.481 e. The molecule has 0 aliphatic carbocycles. The van der Waals surface area contributed by atoms with Gasteiger partial charge < -0.3 is 10.0 Å². The SMILES string of the molecule is CC1CCN(S(=O)(=O)c2ccc(C(=O)N(C)CCC(=O)O)cc2)CC1. The fourth-order valence-electron chi connectivity index (χ4n) is 2.73. The van der Waals surface area contributed by atoms with E-state index in [2.05, 4.69) is 6.92 Å². The zero-order valence-corrected chi connectivity index (χ0v) is 15.3. The summed E-state index contributed by atoms with van der Waals surface area (Å²) < 4.78 is 26.8. The average molecular weight is 368 g/mol. The van der Waals surface area contributed by atoms with Gasteiger partial charge in [-0.25, -0.2) is 8.42 Å². The molecule has 7 nitrogen and oxygen atoms in total. The molecule has 0 aromatic heterocycles. The molecule has 1 saturated heterocycles. The first-order valence-electron chi connectivity index (χ1n) is 8.29. The van der Waals surface area contributed by atoms with Crippen LogP contribution in [-0.4, -0.2) is 61.3 Å². The molecule has 2 rings (SSSR count). The maximum Gasteiger partial charge on any atom is 0.305 e. The van der Waals surface area contributed by atoms with Crippen LogP contribution in [0.5, 0.6) is 0 Å². The van der Waals surface area contributed by atoms with E-state index in [1.54, 1.807) is 0 Å². The molecule has 1 aromatic rings. The van der Waals surface area contributed by atoms with Crippen LogP contribution in [0.1, 0.15) is 36.5 Å². The third kappa shape index (κ3) is 4.79. The molecule has 1 N–H and O–H groups in total. The van der Waals surface area contributed by atoms with Crippen LogP contribution >= 0.6 is 0 Å². The Balaban J connectivity index is 2.08. The number of rotatable bonds is 6. The van der Waals surface area contributed by atoms with Crippen molar-refractivity contribution in [1.29, 1.82) is 0 Å².